The fraction of sp³-hybridized carbons (Fsp3) is 1.00. The molecule has 0 spiro atoms. The molecule has 0 bridgehead atoms. The first kappa shape index (κ1) is 9.92. The zero-order chi connectivity index (χ0) is 7.98. The molecule has 62 valence electrons. The molecule has 0 saturated carbocycles. The molecular weight excluding hydrogens is 124 g/mol. The Morgan fingerprint density at radius 3 is 2.40 bits per heavy atom. The van der Waals surface area contributed by atoms with Gasteiger partial charge in [0.25, 0.3) is 0 Å². The predicted octanol–water partition coefficient (Wildman–Crippen LogP) is 0.936. The Bertz CT molecular complexity index is 73.7. The molecule has 0 amide bonds. The SMILES string of the molecule is CCN[C@@H](C)CN(C)CC. The molecule has 0 fully saturated rings. The van der Waals surface area contributed by atoms with Gasteiger partial charge in [-0.25, -0.2) is 0 Å². The summed E-state index contributed by atoms with van der Waals surface area (Å²) in [5.74, 6) is 0. The second kappa shape index (κ2) is 5.69. The molecule has 0 unspecified atom stereocenters. The van der Waals surface area contributed by atoms with Crippen molar-refractivity contribution in [2.75, 3.05) is 26.7 Å². The van der Waals surface area contributed by atoms with E-state index in [1.807, 2.05) is 0 Å². The molecule has 0 radical (unpaired) electrons. The van der Waals surface area contributed by atoms with Crippen LogP contribution in [-0.4, -0.2) is 37.6 Å². The lowest BCUT2D eigenvalue weighted by atomic mass is 10.3. The second-order valence-electron chi connectivity index (χ2n) is 2.81. The van der Waals surface area contributed by atoms with Gasteiger partial charge >= 0.3 is 0 Å². The maximum atomic E-state index is 3.37. The summed E-state index contributed by atoms with van der Waals surface area (Å²) in [7, 11) is 2.15. The first-order chi connectivity index (χ1) is 4.70. The Morgan fingerprint density at radius 1 is 1.40 bits per heavy atom. The van der Waals surface area contributed by atoms with E-state index in [9.17, 15) is 0 Å². The van der Waals surface area contributed by atoms with Crippen LogP contribution in [0.4, 0.5) is 0 Å². The predicted molar refractivity (Wildman–Crippen MR) is 46.3 cm³/mol. The van der Waals surface area contributed by atoms with Gasteiger partial charge in [0, 0.05) is 12.6 Å². The summed E-state index contributed by atoms with van der Waals surface area (Å²) in [6.07, 6.45) is 0. The number of nitrogens with one attached hydrogen (secondary N) is 1. The quantitative estimate of drug-likeness (QED) is 0.617. The van der Waals surface area contributed by atoms with Crippen LogP contribution < -0.4 is 5.32 Å². The fourth-order valence-corrected chi connectivity index (χ4v) is 1.01. The maximum absolute atomic E-state index is 3.37. The molecule has 0 aliphatic rings. The minimum atomic E-state index is 0.620. The highest BCUT2D eigenvalue weighted by atomic mass is 15.1. The molecule has 2 heteroatoms. The molecule has 0 saturated heterocycles. The molecule has 0 aliphatic carbocycles. The Morgan fingerprint density at radius 2 is 2.00 bits per heavy atom. The average molecular weight is 144 g/mol. The Balaban J connectivity index is 3.27. The van der Waals surface area contributed by atoms with Gasteiger partial charge in [0.1, 0.15) is 0 Å². The molecule has 0 heterocycles. The molecule has 0 aromatic rings. The second-order valence-corrected chi connectivity index (χ2v) is 2.81. The van der Waals surface area contributed by atoms with Crippen molar-refractivity contribution in [3.63, 3.8) is 0 Å². The molecular formula is C8H20N2. The van der Waals surface area contributed by atoms with Crippen molar-refractivity contribution in [1.29, 1.82) is 0 Å². The van der Waals surface area contributed by atoms with E-state index in [4.69, 9.17) is 0 Å². The maximum Gasteiger partial charge on any atom is 0.0166 e. The molecule has 0 aliphatic heterocycles. The highest BCUT2D eigenvalue weighted by molar-refractivity contribution is 4.62. The smallest absolute Gasteiger partial charge is 0.0166 e. The van der Waals surface area contributed by atoms with Gasteiger partial charge in [0.05, 0.1) is 0 Å². The van der Waals surface area contributed by atoms with Crippen LogP contribution in [0.15, 0.2) is 0 Å². The Labute approximate surface area is 64.6 Å². The third-order valence-electron chi connectivity index (χ3n) is 1.68. The first-order valence-electron chi connectivity index (χ1n) is 4.12. The summed E-state index contributed by atoms with van der Waals surface area (Å²) in [6.45, 7) is 9.88. The lowest BCUT2D eigenvalue weighted by Gasteiger charge is -2.19. The van der Waals surface area contributed by atoms with Gasteiger partial charge in [-0.2, -0.15) is 0 Å². The third kappa shape index (κ3) is 4.77. The molecule has 1 atom stereocenters. The summed E-state index contributed by atoms with van der Waals surface area (Å²) in [6, 6.07) is 0.620. The number of hydrogen-bond donors (Lipinski definition) is 1. The number of hydrogen-bond acceptors (Lipinski definition) is 2. The molecule has 0 aromatic heterocycles. The van der Waals surface area contributed by atoms with Gasteiger partial charge in [-0.1, -0.05) is 13.8 Å². The van der Waals surface area contributed by atoms with Crippen LogP contribution in [0.2, 0.25) is 0 Å². The van der Waals surface area contributed by atoms with E-state index in [0.717, 1.165) is 19.6 Å². The first-order valence-corrected chi connectivity index (χ1v) is 4.12. The van der Waals surface area contributed by atoms with Crippen LogP contribution in [0.3, 0.4) is 0 Å². The van der Waals surface area contributed by atoms with Crippen molar-refractivity contribution in [2.24, 2.45) is 0 Å². The van der Waals surface area contributed by atoms with Gasteiger partial charge in [-0.05, 0) is 27.1 Å². The van der Waals surface area contributed by atoms with Gasteiger partial charge in [-0.3, -0.25) is 0 Å². The Kier molecular flexibility index (Phi) is 5.64. The van der Waals surface area contributed by atoms with Crippen LogP contribution in [0.25, 0.3) is 0 Å². The van der Waals surface area contributed by atoms with Crippen molar-refractivity contribution >= 4 is 0 Å². The molecule has 10 heavy (non-hydrogen) atoms. The van der Waals surface area contributed by atoms with Crippen LogP contribution in [-0.2, 0) is 0 Å². The lowest BCUT2D eigenvalue weighted by Crippen LogP contribution is -2.37. The number of nitrogens with zero attached hydrogens (tertiary/aromatic N) is 1. The van der Waals surface area contributed by atoms with Crippen molar-refractivity contribution in [3.8, 4) is 0 Å². The van der Waals surface area contributed by atoms with E-state index >= 15 is 0 Å². The summed E-state index contributed by atoms with van der Waals surface area (Å²) < 4.78 is 0. The molecule has 2 nitrogen and oxygen atoms in total. The van der Waals surface area contributed by atoms with Crippen molar-refractivity contribution in [2.45, 2.75) is 26.8 Å². The standard InChI is InChI=1S/C8H20N2/c1-5-9-8(3)7-10(4)6-2/h8-9H,5-7H2,1-4H3/t8-/m0/s1. The molecule has 1 N–H and O–H groups in total. The van der Waals surface area contributed by atoms with Crippen molar-refractivity contribution < 1.29 is 0 Å². The number of likely N-dealkylation sites (N-methyl/N-ethyl adjacent to an activating group) is 2. The van der Waals surface area contributed by atoms with Crippen LogP contribution in [0.1, 0.15) is 20.8 Å². The summed E-state index contributed by atoms with van der Waals surface area (Å²) in [5.41, 5.74) is 0. The van der Waals surface area contributed by atoms with Gasteiger partial charge < -0.3 is 10.2 Å². The highest BCUT2D eigenvalue weighted by Gasteiger charge is 2.01. The third-order valence-corrected chi connectivity index (χ3v) is 1.68. The summed E-state index contributed by atoms with van der Waals surface area (Å²) in [5, 5.41) is 3.37. The normalized spacial score (nSPS) is 14.1. The number of rotatable bonds is 5. The van der Waals surface area contributed by atoms with E-state index in [-0.39, 0.29) is 0 Å². The van der Waals surface area contributed by atoms with Crippen LogP contribution >= 0.6 is 0 Å². The Hall–Kier alpha value is -0.0800. The van der Waals surface area contributed by atoms with E-state index in [2.05, 4.69) is 38.0 Å². The zero-order valence-corrected chi connectivity index (χ0v) is 7.65. The van der Waals surface area contributed by atoms with E-state index in [0.29, 0.717) is 6.04 Å². The minimum Gasteiger partial charge on any atom is -0.313 e. The van der Waals surface area contributed by atoms with E-state index in [1.54, 1.807) is 0 Å². The zero-order valence-electron chi connectivity index (χ0n) is 7.65. The van der Waals surface area contributed by atoms with Crippen molar-refractivity contribution in [3.05, 3.63) is 0 Å². The van der Waals surface area contributed by atoms with Crippen LogP contribution in [0.5, 0.6) is 0 Å². The van der Waals surface area contributed by atoms with E-state index < -0.39 is 0 Å². The van der Waals surface area contributed by atoms with E-state index in [1.165, 1.54) is 0 Å². The van der Waals surface area contributed by atoms with Crippen LogP contribution in [0, 0.1) is 0 Å². The molecule has 0 rings (SSSR count). The van der Waals surface area contributed by atoms with Gasteiger partial charge in [-0.15, -0.1) is 0 Å². The van der Waals surface area contributed by atoms with Crippen molar-refractivity contribution in [1.82, 2.24) is 10.2 Å². The van der Waals surface area contributed by atoms with Gasteiger partial charge in [0.15, 0.2) is 0 Å². The average Bonchev–Trinajstić information content (AvgIpc) is 1.88. The largest absolute Gasteiger partial charge is 0.313 e. The summed E-state index contributed by atoms with van der Waals surface area (Å²) in [4.78, 5) is 2.31. The lowest BCUT2D eigenvalue weighted by molar-refractivity contribution is 0.312. The minimum absolute atomic E-state index is 0.620. The topological polar surface area (TPSA) is 15.3 Å². The van der Waals surface area contributed by atoms with Gasteiger partial charge in [0.2, 0.25) is 0 Å². The summed E-state index contributed by atoms with van der Waals surface area (Å²) >= 11 is 0. The fourth-order valence-electron chi connectivity index (χ4n) is 1.01. The monoisotopic (exact) mass is 144 g/mol. The molecule has 0 aromatic carbocycles. The highest BCUT2D eigenvalue weighted by Crippen LogP contribution is 1.86.